The van der Waals surface area contributed by atoms with Crippen molar-refractivity contribution in [2.45, 2.75) is 17.8 Å². The highest BCUT2D eigenvalue weighted by Crippen LogP contribution is 2.27. The van der Waals surface area contributed by atoms with Crippen molar-refractivity contribution in [3.63, 3.8) is 0 Å². The molecule has 0 N–H and O–H groups in total. The van der Waals surface area contributed by atoms with E-state index >= 15 is 0 Å². The van der Waals surface area contributed by atoms with E-state index in [0.29, 0.717) is 28.1 Å². The Morgan fingerprint density at radius 3 is 2.65 bits per heavy atom. The summed E-state index contributed by atoms with van der Waals surface area (Å²) in [5.41, 5.74) is 2.52. The third-order valence-corrected chi connectivity index (χ3v) is 4.42. The molecule has 0 aliphatic heterocycles. The maximum Gasteiger partial charge on any atom is 0.223 e. The Bertz CT molecular complexity index is 954. The van der Waals surface area contributed by atoms with Gasteiger partial charge in [-0.05, 0) is 36.8 Å². The number of aromatic nitrogens is 2. The quantitative estimate of drug-likeness (QED) is 0.465. The largest absolute Gasteiger partial charge is 0.497 e. The van der Waals surface area contributed by atoms with Gasteiger partial charge >= 0.3 is 0 Å². The number of rotatable bonds is 6. The summed E-state index contributed by atoms with van der Waals surface area (Å²) in [7, 11) is 1.62. The lowest BCUT2D eigenvalue weighted by Crippen LogP contribution is -1.95. The first kappa shape index (κ1) is 17.8. The van der Waals surface area contributed by atoms with Gasteiger partial charge in [-0.25, -0.2) is 4.98 Å². The molecule has 0 radical (unpaired) electrons. The van der Waals surface area contributed by atoms with Crippen LogP contribution in [0, 0.1) is 18.3 Å². The lowest BCUT2D eigenvalue weighted by molar-refractivity contribution is 0.406. The van der Waals surface area contributed by atoms with Gasteiger partial charge in [-0.15, -0.1) is 0 Å². The van der Waals surface area contributed by atoms with Crippen molar-refractivity contribution in [1.82, 2.24) is 9.97 Å². The lowest BCUT2D eigenvalue weighted by atomic mass is 10.2. The summed E-state index contributed by atoms with van der Waals surface area (Å²) in [5, 5.41) is 9.62. The molecule has 0 atom stereocenters. The van der Waals surface area contributed by atoms with E-state index in [4.69, 9.17) is 14.7 Å². The molecule has 0 spiro atoms. The topological polar surface area (TPSA) is 68.0 Å². The summed E-state index contributed by atoms with van der Waals surface area (Å²) in [6.45, 7) is 1.90. The molecule has 1 heterocycles. The zero-order chi connectivity index (χ0) is 18.4. The molecule has 0 unspecified atom stereocenters. The maximum absolute atomic E-state index is 8.99. The summed E-state index contributed by atoms with van der Waals surface area (Å²) in [4.78, 5) is 8.91. The molecule has 0 saturated carbocycles. The molecule has 0 saturated heterocycles. The van der Waals surface area contributed by atoms with Crippen molar-refractivity contribution in [1.29, 1.82) is 5.26 Å². The Morgan fingerprint density at radius 1 is 1.04 bits per heavy atom. The molecule has 3 aromatic rings. The van der Waals surface area contributed by atoms with Gasteiger partial charge in [0, 0.05) is 23.6 Å². The first-order valence-electron chi connectivity index (χ1n) is 7.96. The van der Waals surface area contributed by atoms with E-state index in [1.54, 1.807) is 25.3 Å². The highest BCUT2D eigenvalue weighted by atomic mass is 32.2. The van der Waals surface area contributed by atoms with Crippen LogP contribution in [0.4, 0.5) is 0 Å². The molecule has 3 rings (SSSR count). The third-order valence-electron chi connectivity index (χ3n) is 3.50. The van der Waals surface area contributed by atoms with Crippen LogP contribution in [0.2, 0.25) is 0 Å². The minimum atomic E-state index is 0.485. The SMILES string of the molecule is COc1cccc(Oc2cc(C)nc(SCc3cccc(C#N)c3)n2)c1. The molecule has 0 amide bonds. The number of nitrogens with zero attached hydrogens (tertiary/aromatic N) is 3. The number of hydrogen-bond donors (Lipinski definition) is 0. The van der Waals surface area contributed by atoms with Crippen molar-refractivity contribution in [3.8, 4) is 23.4 Å². The Kier molecular flexibility index (Phi) is 5.72. The molecule has 130 valence electrons. The molecule has 5 nitrogen and oxygen atoms in total. The van der Waals surface area contributed by atoms with Crippen LogP contribution in [0.25, 0.3) is 0 Å². The van der Waals surface area contributed by atoms with Crippen molar-refractivity contribution in [3.05, 3.63) is 71.4 Å². The lowest BCUT2D eigenvalue weighted by Gasteiger charge is -2.09. The van der Waals surface area contributed by atoms with Crippen molar-refractivity contribution in [2.24, 2.45) is 0 Å². The minimum absolute atomic E-state index is 0.485. The molecule has 0 bridgehead atoms. The average Bonchev–Trinajstić information content (AvgIpc) is 2.66. The van der Waals surface area contributed by atoms with Gasteiger partial charge in [0.05, 0.1) is 18.7 Å². The van der Waals surface area contributed by atoms with Crippen LogP contribution < -0.4 is 9.47 Å². The number of ether oxygens (including phenoxy) is 2. The van der Waals surface area contributed by atoms with Crippen LogP contribution in [0.1, 0.15) is 16.8 Å². The van der Waals surface area contributed by atoms with Crippen LogP contribution in [-0.4, -0.2) is 17.1 Å². The van der Waals surface area contributed by atoms with Crippen LogP contribution >= 0.6 is 11.8 Å². The second-order valence-electron chi connectivity index (χ2n) is 5.51. The molecular formula is C20H17N3O2S. The van der Waals surface area contributed by atoms with E-state index in [1.807, 2.05) is 43.3 Å². The van der Waals surface area contributed by atoms with Crippen LogP contribution in [0.3, 0.4) is 0 Å². The molecule has 1 aromatic heterocycles. The first-order chi connectivity index (χ1) is 12.7. The average molecular weight is 363 g/mol. The fourth-order valence-electron chi connectivity index (χ4n) is 2.29. The molecule has 26 heavy (non-hydrogen) atoms. The molecule has 6 heteroatoms. The van der Waals surface area contributed by atoms with Gasteiger partial charge in [0.1, 0.15) is 11.5 Å². The van der Waals surface area contributed by atoms with Gasteiger partial charge < -0.3 is 9.47 Å². The number of benzene rings is 2. The summed E-state index contributed by atoms with van der Waals surface area (Å²) in [5.74, 6) is 2.54. The minimum Gasteiger partial charge on any atom is -0.497 e. The van der Waals surface area contributed by atoms with E-state index in [0.717, 1.165) is 17.0 Å². The number of hydrogen-bond acceptors (Lipinski definition) is 6. The van der Waals surface area contributed by atoms with Crippen LogP contribution in [0.15, 0.2) is 59.8 Å². The number of aryl methyl sites for hydroxylation is 1. The fourth-order valence-corrected chi connectivity index (χ4v) is 3.13. The van der Waals surface area contributed by atoms with Crippen molar-refractivity contribution < 1.29 is 9.47 Å². The summed E-state index contributed by atoms with van der Waals surface area (Å²) in [6.07, 6.45) is 0. The Morgan fingerprint density at radius 2 is 1.85 bits per heavy atom. The number of nitriles is 1. The molecule has 0 aliphatic carbocycles. The summed E-state index contributed by atoms with van der Waals surface area (Å²) >= 11 is 1.50. The normalized spacial score (nSPS) is 10.2. The van der Waals surface area contributed by atoms with Crippen molar-refractivity contribution in [2.75, 3.05) is 7.11 Å². The highest BCUT2D eigenvalue weighted by Gasteiger charge is 2.07. The van der Waals surface area contributed by atoms with E-state index in [-0.39, 0.29) is 0 Å². The number of thioether (sulfide) groups is 1. The molecule has 2 aromatic carbocycles. The molecular weight excluding hydrogens is 346 g/mol. The van der Waals surface area contributed by atoms with E-state index in [1.165, 1.54) is 11.8 Å². The highest BCUT2D eigenvalue weighted by molar-refractivity contribution is 7.98. The standard InChI is InChI=1S/C20H17N3O2S/c1-14-9-19(25-18-8-4-7-17(11-18)24-2)23-20(22-14)26-13-16-6-3-5-15(10-16)12-21/h3-11H,13H2,1-2H3. The molecule has 0 aliphatic rings. The predicted octanol–water partition coefficient (Wildman–Crippen LogP) is 4.75. The Hall–Kier alpha value is -3.04. The predicted molar refractivity (Wildman–Crippen MR) is 101 cm³/mol. The van der Waals surface area contributed by atoms with Gasteiger partial charge in [-0.2, -0.15) is 10.2 Å². The second kappa shape index (κ2) is 8.37. The van der Waals surface area contributed by atoms with Gasteiger partial charge in [-0.1, -0.05) is 30.0 Å². The van der Waals surface area contributed by atoms with Gasteiger partial charge in [0.25, 0.3) is 0 Å². The van der Waals surface area contributed by atoms with Gasteiger partial charge in [0.2, 0.25) is 5.88 Å². The third kappa shape index (κ3) is 4.74. The first-order valence-corrected chi connectivity index (χ1v) is 8.94. The maximum atomic E-state index is 8.99. The van der Waals surface area contributed by atoms with Gasteiger partial charge in [0.15, 0.2) is 5.16 Å². The zero-order valence-corrected chi connectivity index (χ0v) is 15.3. The van der Waals surface area contributed by atoms with Crippen LogP contribution in [0.5, 0.6) is 17.4 Å². The Balaban J connectivity index is 1.73. The zero-order valence-electron chi connectivity index (χ0n) is 14.5. The molecule has 0 fully saturated rings. The van der Waals surface area contributed by atoms with Crippen molar-refractivity contribution >= 4 is 11.8 Å². The van der Waals surface area contributed by atoms with Crippen LogP contribution in [-0.2, 0) is 5.75 Å². The van der Waals surface area contributed by atoms with E-state index in [9.17, 15) is 0 Å². The van der Waals surface area contributed by atoms with E-state index in [2.05, 4.69) is 16.0 Å². The van der Waals surface area contributed by atoms with E-state index < -0.39 is 0 Å². The van der Waals surface area contributed by atoms with Gasteiger partial charge in [-0.3, -0.25) is 0 Å². The smallest absolute Gasteiger partial charge is 0.223 e. The monoisotopic (exact) mass is 363 g/mol. The summed E-state index contributed by atoms with van der Waals surface area (Å²) < 4.78 is 11.1. The second-order valence-corrected chi connectivity index (χ2v) is 6.45. The Labute approximate surface area is 156 Å². The fraction of sp³-hybridized carbons (Fsp3) is 0.150. The summed E-state index contributed by atoms with van der Waals surface area (Å²) in [6, 6.07) is 18.8. The number of methoxy groups -OCH3 is 1.